The second-order valence-electron chi connectivity index (χ2n) is 5.32. The summed E-state index contributed by atoms with van der Waals surface area (Å²) in [6.45, 7) is 7.57. The van der Waals surface area contributed by atoms with Gasteiger partial charge in [-0.15, -0.1) is 0 Å². The van der Waals surface area contributed by atoms with E-state index >= 15 is 0 Å². The van der Waals surface area contributed by atoms with Gasteiger partial charge in [0.1, 0.15) is 6.61 Å². The van der Waals surface area contributed by atoms with Crippen molar-refractivity contribution in [2.45, 2.75) is 25.9 Å². The van der Waals surface area contributed by atoms with Gasteiger partial charge >= 0.3 is 0 Å². The van der Waals surface area contributed by atoms with E-state index < -0.39 is 5.82 Å². The Kier molecular flexibility index (Phi) is 3.27. The fraction of sp³-hybridized carbons (Fsp3) is 0.615. The number of pyridine rings is 1. The van der Waals surface area contributed by atoms with Crippen molar-refractivity contribution in [3.8, 4) is 5.75 Å². The van der Waals surface area contributed by atoms with Crippen LogP contribution in [0, 0.1) is 5.82 Å². The first-order valence-electron chi connectivity index (χ1n) is 6.55. The van der Waals surface area contributed by atoms with Gasteiger partial charge in [-0.25, -0.2) is 9.37 Å². The lowest BCUT2D eigenvalue weighted by atomic mass is 10.1. The van der Waals surface area contributed by atoms with E-state index in [1.807, 2.05) is 0 Å². The van der Waals surface area contributed by atoms with E-state index in [1.165, 1.54) is 6.20 Å². The molecule has 0 bridgehead atoms. The quantitative estimate of drug-likeness (QED) is 0.791. The van der Waals surface area contributed by atoms with E-state index in [1.54, 1.807) is 0 Å². The summed E-state index contributed by atoms with van der Waals surface area (Å²) >= 11 is 5.74. The summed E-state index contributed by atoms with van der Waals surface area (Å²) in [7, 11) is 0. The van der Waals surface area contributed by atoms with Gasteiger partial charge in [0.25, 0.3) is 0 Å². The zero-order valence-electron chi connectivity index (χ0n) is 11.1. The number of aromatic nitrogens is 1. The number of rotatable bonds is 1. The van der Waals surface area contributed by atoms with Gasteiger partial charge < -0.3 is 9.64 Å². The molecule has 0 saturated carbocycles. The van der Waals surface area contributed by atoms with Crippen molar-refractivity contribution in [2.75, 3.05) is 31.1 Å². The standard InChI is InChI=1S/C13H17ClFN3O/c1-8(2)17-3-4-18-9(6-17)7-19-12-11(15)10(14)5-16-13(12)18/h5,8-9H,3-4,6-7H2,1-2H3/t9-/m0/s1. The van der Waals surface area contributed by atoms with Crippen LogP contribution in [0.15, 0.2) is 6.20 Å². The maximum Gasteiger partial charge on any atom is 0.199 e. The third kappa shape index (κ3) is 2.15. The van der Waals surface area contributed by atoms with Crippen LogP contribution in [-0.4, -0.2) is 48.2 Å². The average Bonchev–Trinajstić information content (AvgIpc) is 2.41. The molecule has 1 aromatic heterocycles. The number of halogens is 2. The number of hydrogen-bond donors (Lipinski definition) is 0. The molecule has 1 fully saturated rings. The predicted octanol–water partition coefficient (Wildman–Crippen LogP) is 2.17. The molecule has 19 heavy (non-hydrogen) atoms. The molecule has 1 aromatic rings. The summed E-state index contributed by atoms with van der Waals surface area (Å²) in [4.78, 5) is 8.78. The molecule has 0 radical (unpaired) electrons. The van der Waals surface area contributed by atoms with Gasteiger partial charge in [0.05, 0.1) is 17.3 Å². The second kappa shape index (κ2) is 4.80. The van der Waals surface area contributed by atoms with Crippen LogP contribution < -0.4 is 9.64 Å². The van der Waals surface area contributed by atoms with Gasteiger partial charge in [-0.3, -0.25) is 4.90 Å². The van der Waals surface area contributed by atoms with Crippen molar-refractivity contribution < 1.29 is 9.13 Å². The molecule has 3 heterocycles. The molecule has 2 aliphatic heterocycles. The molecule has 1 atom stereocenters. The lowest BCUT2D eigenvalue weighted by Crippen LogP contribution is -2.58. The molecule has 0 spiro atoms. The highest BCUT2D eigenvalue weighted by atomic mass is 35.5. The first-order chi connectivity index (χ1) is 9.08. The number of anilines is 1. The van der Waals surface area contributed by atoms with Crippen LogP contribution in [0.2, 0.25) is 5.02 Å². The van der Waals surface area contributed by atoms with Crippen molar-refractivity contribution in [1.82, 2.24) is 9.88 Å². The SMILES string of the molecule is CC(C)N1CCN2c3ncc(Cl)c(F)c3OC[C@@H]2C1. The van der Waals surface area contributed by atoms with E-state index in [9.17, 15) is 4.39 Å². The highest BCUT2D eigenvalue weighted by Crippen LogP contribution is 2.38. The molecule has 0 N–H and O–H groups in total. The molecule has 4 nitrogen and oxygen atoms in total. The molecule has 6 heteroatoms. The predicted molar refractivity (Wildman–Crippen MR) is 72.5 cm³/mol. The molecule has 3 rings (SSSR count). The topological polar surface area (TPSA) is 28.6 Å². The first kappa shape index (κ1) is 12.9. The summed E-state index contributed by atoms with van der Waals surface area (Å²) in [5.41, 5.74) is 0. The molecular weight excluding hydrogens is 269 g/mol. The summed E-state index contributed by atoms with van der Waals surface area (Å²) in [5.74, 6) is 0.278. The Morgan fingerprint density at radius 2 is 2.26 bits per heavy atom. The number of fused-ring (bicyclic) bond motifs is 3. The van der Waals surface area contributed by atoms with E-state index in [2.05, 4.69) is 28.6 Å². The van der Waals surface area contributed by atoms with Crippen LogP contribution >= 0.6 is 11.6 Å². The van der Waals surface area contributed by atoms with Crippen LogP contribution in [0.3, 0.4) is 0 Å². The van der Waals surface area contributed by atoms with E-state index in [-0.39, 0.29) is 16.8 Å². The zero-order valence-corrected chi connectivity index (χ0v) is 11.8. The zero-order chi connectivity index (χ0) is 13.6. The van der Waals surface area contributed by atoms with Crippen molar-refractivity contribution in [2.24, 2.45) is 0 Å². The fourth-order valence-electron chi connectivity index (χ4n) is 2.72. The minimum absolute atomic E-state index is 0.0121. The van der Waals surface area contributed by atoms with E-state index in [4.69, 9.17) is 16.3 Å². The van der Waals surface area contributed by atoms with Gasteiger partial charge in [0, 0.05) is 25.7 Å². The Bertz CT molecular complexity index is 497. The number of hydrogen-bond acceptors (Lipinski definition) is 4. The second-order valence-corrected chi connectivity index (χ2v) is 5.73. The Morgan fingerprint density at radius 1 is 1.47 bits per heavy atom. The van der Waals surface area contributed by atoms with Crippen molar-refractivity contribution >= 4 is 17.4 Å². The minimum atomic E-state index is -0.503. The molecule has 0 aromatic carbocycles. The Hall–Kier alpha value is -1.07. The molecule has 0 aliphatic carbocycles. The van der Waals surface area contributed by atoms with Crippen LogP contribution in [0.25, 0.3) is 0 Å². The van der Waals surface area contributed by atoms with Gasteiger partial charge in [-0.05, 0) is 13.8 Å². The van der Waals surface area contributed by atoms with Crippen molar-refractivity contribution in [1.29, 1.82) is 0 Å². The van der Waals surface area contributed by atoms with Gasteiger partial charge in [0.15, 0.2) is 17.4 Å². The Morgan fingerprint density at radius 3 is 3.00 bits per heavy atom. The highest BCUT2D eigenvalue weighted by Gasteiger charge is 2.36. The molecule has 0 amide bonds. The van der Waals surface area contributed by atoms with Crippen LogP contribution in [0.5, 0.6) is 5.75 Å². The van der Waals surface area contributed by atoms with Crippen LogP contribution in [-0.2, 0) is 0 Å². The lowest BCUT2D eigenvalue weighted by Gasteiger charge is -2.46. The molecule has 104 valence electrons. The molecular formula is C13H17ClFN3O. The third-order valence-electron chi connectivity index (χ3n) is 3.85. The van der Waals surface area contributed by atoms with Gasteiger partial charge in [0.2, 0.25) is 0 Å². The van der Waals surface area contributed by atoms with Crippen LogP contribution in [0.4, 0.5) is 10.2 Å². The summed E-state index contributed by atoms with van der Waals surface area (Å²) in [6, 6.07) is 0.746. The summed E-state index contributed by atoms with van der Waals surface area (Å²) in [6.07, 6.45) is 1.36. The number of piperazine rings is 1. The van der Waals surface area contributed by atoms with Crippen molar-refractivity contribution in [3.63, 3.8) is 0 Å². The van der Waals surface area contributed by atoms with Gasteiger partial charge in [-0.2, -0.15) is 0 Å². The largest absolute Gasteiger partial charge is 0.485 e. The summed E-state index contributed by atoms with van der Waals surface area (Å²) < 4.78 is 19.5. The normalized spacial score (nSPS) is 23.0. The van der Waals surface area contributed by atoms with Gasteiger partial charge in [-0.1, -0.05) is 11.6 Å². The van der Waals surface area contributed by atoms with Crippen LogP contribution in [0.1, 0.15) is 13.8 Å². The fourth-order valence-corrected chi connectivity index (χ4v) is 2.86. The number of ether oxygens (including phenoxy) is 1. The highest BCUT2D eigenvalue weighted by molar-refractivity contribution is 6.30. The average molecular weight is 286 g/mol. The van der Waals surface area contributed by atoms with E-state index in [0.717, 1.165) is 19.6 Å². The van der Waals surface area contributed by atoms with Crippen molar-refractivity contribution in [3.05, 3.63) is 17.0 Å². The molecule has 2 aliphatic rings. The Balaban J connectivity index is 1.89. The smallest absolute Gasteiger partial charge is 0.199 e. The monoisotopic (exact) mass is 285 g/mol. The maximum absolute atomic E-state index is 13.9. The minimum Gasteiger partial charge on any atom is -0.485 e. The maximum atomic E-state index is 13.9. The number of nitrogens with zero attached hydrogens (tertiary/aromatic N) is 3. The molecule has 1 saturated heterocycles. The van der Waals surface area contributed by atoms with E-state index in [0.29, 0.717) is 18.5 Å². The first-order valence-corrected chi connectivity index (χ1v) is 6.93. The third-order valence-corrected chi connectivity index (χ3v) is 4.11. The molecule has 0 unspecified atom stereocenters. The summed E-state index contributed by atoms with van der Waals surface area (Å²) in [5, 5.41) is 0.0121. The Labute approximate surface area is 117 Å². The lowest BCUT2D eigenvalue weighted by molar-refractivity contribution is 0.138.